The van der Waals surface area contributed by atoms with E-state index >= 15 is 0 Å². The molecule has 0 fully saturated rings. The number of nitrogen functional groups attached to an aromatic ring is 2. The fourth-order valence-electron chi connectivity index (χ4n) is 4.53. The summed E-state index contributed by atoms with van der Waals surface area (Å²) in [6, 6.07) is 14.7. The van der Waals surface area contributed by atoms with Crippen molar-refractivity contribution in [1.29, 1.82) is 10.8 Å². The Morgan fingerprint density at radius 2 is 1.03 bits per heavy atom. The number of hydrogen-bond donors (Lipinski definition) is 4. The summed E-state index contributed by atoms with van der Waals surface area (Å²) in [5, 5.41) is 15.0. The Bertz CT molecular complexity index is 1080. The van der Waals surface area contributed by atoms with Crippen LogP contribution in [-0.4, -0.2) is 47.8 Å². The molecule has 8 heteroatoms. The molecule has 0 saturated heterocycles. The molecular formula is C30H42N6O2. The van der Waals surface area contributed by atoms with Gasteiger partial charge in [-0.1, -0.05) is 0 Å². The highest BCUT2D eigenvalue weighted by Gasteiger charge is 2.29. The second-order valence-corrected chi connectivity index (χ2v) is 9.78. The molecule has 0 spiro atoms. The van der Waals surface area contributed by atoms with Crippen molar-refractivity contribution in [2.75, 3.05) is 26.3 Å². The molecule has 0 unspecified atom stereocenters. The van der Waals surface area contributed by atoms with Gasteiger partial charge in [-0.05, 0) is 107 Å². The predicted molar refractivity (Wildman–Crippen MR) is 155 cm³/mol. The highest BCUT2D eigenvalue weighted by Crippen LogP contribution is 2.34. The maximum Gasteiger partial charge on any atom is 0.122 e. The summed E-state index contributed by atoms with van der Waals surface area (Å²) in [5.74, 6) is 3.03. The average Bonchev–Trinajstić information content (AvgIpc) is 3.13. The van der Waals surface area contributed by atoms with Gasteiger partial charge in [-0.25, -0.2) is 0 Å². The second kappa shape index (κ2) is 13.6. The first-order chi connectivity index (χ1) is 18.2. The Hall–Kier alpha value is -3.94. The number of nitrogens with two attached hydrogens (primary N) is 2. The highest BCUT2D eigenvalue weighted by atomic mass is 16.5. The number of benzene rings is 2. The topological polar surface area (TPSA) is 125 Å². The minimum absolute atomic E-state index is 0.0654. The molecule has 8 nitrogen and oxygen atoms in total. The van der Waals surface area contributed by atoms with E-state index in [1.54, 1.807) is 0 Å². The largest absolute Gasteiger partial charge is 0.494 e. The zero-order chi connectivity index (χ0) is 27.7. The van der Waals surface area contributed by atoms with Gasteiger partial charge in [-0.3, -0.25) is 10.8 Å². The lowest BCUT2D eigenvalue weighted by molar-refractivity contribution is 0.275. The molecule has 1 aliphatic rings. The molecule has 0 radical (unpaired) electrons. The summed E-state index contributed by atoms with van der Waals surface area (Å²) in [6.07, 6.45) is 3.96. The minimum atomic E-state index is 0.0654. The van der Waals surface area contributed by atoms with Gasteiger partial charge in [-0.15, -0.1) is 0 Å². The van der Waals surface area contributed by atoms with Crippen LogP contribution in [0, 0.1) is 10.8 Å². The molecular weight excluding hydrogens is 476 g/mol. The van der Waals surface area contributed by atoms with E-state index in [2.05, 4.69) is 37.5 Å². The Morgan fingerprint density at radius 1 is 0.658 bits per heavy atom. The van der Waals surface area contributed by atoms with E-state index < -0.39 is 0 Å². The van der Waals surface area contributed by atoms with Crippen LogP contribution in [0.5, 0.6) is 11.5 Å². The molecule has 0 aromatic heterocycles. The van der Waals surface area contributed by atoms with Crippen molar-refractivity contribution >= 4 is 11.7 Å². The van der Waals surface area contributed by atoms with Gasteiger partial charge < -0.3 is 30.7 Å². The molecule has 0 amide bonds. The lowest BCUT2D eigenvalue weighted by Crippen LogP contribution is -2.28. The molecule has 0 aliphatic carbocycles. The van der Waals surface area contributed by atoms with Crippen molar-refractivity contribution in [3.63, 3.8) is 0 Å². The summed E-state index contributed by atoms with van der Waals surface area (Å²) in [7, 11) is 0. The number of ether oxygens (including phenoxy) is 2. The summed E-state index contributed by atoms with van der Waals surface area (Å²) < 4.78 is 11.8. The molecule has 0 atom stereocenters. The van der Waals surface area contributed by atoms with Gasteiger partial charge in [0.15, 0.2) is 0 Å². The molecule has 0 saturated carbocycles. The maximum atomic E-state index is 7.48. The van der Waals surface area contributed by atoms with Crippen LogP contribution < -0.4 is 20.9 Å². The van der Waals surface area contributed by atoms with Crippen LogP contribution in [-0.2, 0) is 0 Å². The second-order valence-electron chi connectivity index (χ2n) is 9.78. The Kier molecular flexibility index (Phi) is 10.2. The summed E-state index contributed by atoms with van der Waals surface area (Å²) >= 11 is 0. The van der Waals surface area contributed by atoms with E-state index in [0.29, 0.717) is 24.3 Å². The molecule has 2 aromatic carbocycles. The number of unbranched alkanes of at least 4 members (excludes halogenated alkanes) is 2. The molecule has 1 heterocycles. The van der Waals surface area contributed by atoms with Gasteiger partial charge in [-0.2, -0.15) is 0 Å². The average molecular weight is 519 g/mol. The highest BCUT2D eigenvalue weighted by molar-refractivity contribution is 5.95. The lowest BCUT2D eigenvalue weighted by atomic mass is 10.2. The van der Waals surface area contributed by atoms with Crippen molar-refractivity contribution in [3.05, 3.63) is 82.4 Å². The van der Waals surface area contributed by atoms with Crippen molar-refractivity contribution in [2.24, 2.45) is 11.5 Å². The Balaban J connectivity index is 1.43. The van der Waals surface area contributed by atoms with Gasteiger partial charge in [0.1, 0.15) is 29.0 Å². The van der Waals surface area contributed by atoms with Crippen LogP contribution in [0.25, 0.3) is 0 Å². The maximum absolute atomic E-state index is 7.48. The van der Waals surface area contributed by atoms with Crippen LogP contribution in [0.1, 0.15) is 64.5 Å². The Labute approximate surface area is 226 Å². The molecule has 2 aromatic rings. The third kappa shape index (κ3) is 7.54. The van der Waals surface area contributed by atoms with Crippen LogP contribution >= 0.6 is 0 Å². The van der Waals surface area contributed by atoms with Crippen molar-refractivity contribution in [1.82, 2.24) is 9.80 Å². The van der Waals surface area contributed by atoms with Crippen molar-refractivity contribution < 1.29 is 9.47 Å². The van der Waals surface area contributed by atoms with Crippen molar-refractivity contribution in [2.45, 2.75) is 53.4 Å². The van der Waals surface area contributed by atoms with Crippen LogP contribution in [0.4, 0.5) is 0 Å². The van der Waals surface area contributed by atoms with Crippen LogP contribution in [0.15, 0.2) is 71.3 Å². The number of rotatable bonds is 14. The first-order valence-electron chi connectivity index (χ1n) is 13.2. The molecule has 38 heavy (non-hydrogen) atoms. The Morgan fingerprint density at radius 3 is 1.34 bits per heavy atom. The molecule has 1 aliphatic heterocycles. The van der Waals surface area contributed by atoms with E-state index in [9.17, 15) is 0 Å². The number of hydrogen-bond acceptors (Lipinski definition) is 6. The van der Waals surface area contributed by atoms with Crippen molar-refractivity contribution in [3.8, 4) is 11.5 Å². The number of nitrogens with one attached hydrogen (secondary N) is 2. The van der Waals surface area contributed by atoms with Gasteiger partial charge in [0.25, 0.3) is 0 Å². The predicted octanol–water partition coefficient (Wildman–Crippen LogP) is 5.39. The van der Waals surface area contributed by atoms with Gasteiger partial charge in [0.05, 0.1) is 13.2 Å². The van der Waals surface area contributed by atoms with Gasteiger partial charge in [0, 0.05) is 35.6 Å². The van der Waals surface area contributed by atoms with E-state index in [1.807, 2.05) is 48.5 Å². The van der Waals surface area contributed by atoms with Gasteiger partial charge in [0.2, 0.25) is 0 Å². The van der Waals surface area contributed by atoms with Crippen LogP contribution in [0.2, 0.25) is 0 Å². The standard InChI is InChI=1S/C30H42N6O2/c1-21(2)30-35(17-5-7-19-37-26-13-9-24(10-14-26)28(31)32)22(3)23(4)36(30)18-6-8-20-38-27-15-11-25(12-16-27)29(33)34/h9-16H,5-8,17-20H2,1-4H3,(H3,31,32)(H3,33,34). The monoisotopic (exact) mass is 518 g/mol. The third-order valence-corrected chi connectivity index (χ3v) is 6.71. The molecule has 204 valence electrons. The number of nitrogens with zero attached hydrogens (tertiary/aromatic N) is 2. The quantitative estimate of drug-likeness (QED) is 0.151. The normalized spacial score (nSPS) is 13.2. The van der Waals surface area contributed by atoms with E-state index in [0.717, 1.165) is 50.3 Å². The fourth-order valence-corrected chi connectivity index (χ4v) is 4.53. The summed E-state index contributed by atoms with van der Waals surface area (Å²) in [5.41, 5.74) is 16.4. The third-order valence-electron chi connectivity index (χ3n) is 6.71. The van der Waals surface area contributed by atoms with E-state index in [4.69, 9.17) is 31.8 Å². The fraction of sp³-hybridized carbons (Fsp3) is 0.400. The zero-order valence-corrected chi connectivity index (χ0v) is 23.1. The first kappa shape index (κ1) is 28.6. The number of amidine groups is 2. The zero-order valence-electron chi connectivity index (χ0n) is 23.1. The minimum Gasteiger partial charge on any atom is -0.494 e. The van der Waals surface area contributed by atoms with Crippen LogP contribution in [0.3, 0.4) is 0 Å². The number of allylic oxidation sites excluding steroid dienone is 3. The first-order valence-corrected chi connectivity index (χ1v) is 13.2. The molecule has 3 rings (SSSR count). The SMILES string of the molecule is CC(C)=C1N(CCCCOc2ccc(C(=N)N)cc2)C(C)=C(C)N1CCCCOc1ccc(C(=N)N)cc1. The lowest BCUT2D eigenvalue weighted by Gasteiger charge is -2.29. The smallest absolute Gasteiger partial charge is 0.122 e. The summed E-state index contributed by atoms with van der Waals surface area (Å²) in [6.45, 7) is 12.0. The molecule has 0 bridgehead atoms. The molecule has 6 N–H and O–H groups in total. The van der Waals surface area contributed by atoms with E-state index in [1.165, 1.54) is 22.8 Å². The summed E-state index contributed by atoms with van der Waals surface area (Å²) in [4.78, 5) is 4.89. The van der Waals surface area contributed by atoms with E-state index in [-0.39, 0.29) is 11.7 Å². The van der Waals surface area contributed by atoms with Gasteiger partial charge >= 0.3 is 0 Å².